The number of primary amides is 1. The lowest BCUT2D eigenvalue weighted by molar-refractivity contribution is -0.118. The molecular weight excluding hydrogens is 280 g/mol. The number of amides is 1. The predicted octanol–water partition coefficient (Wildman–Crippen LogP) is 2.22. The number of aromatic nitrogens is 3. The molecule has 0 saturated heterocycles. The monoisotopic (exact) mass is 294 g/mol. The maximum absolute atomic E-state index is 11.0. The molecule has 2 N–H and O–H groups in total. The average Bonchev–Trinajstić information content (AvgIpc) is 3.08. The molecule has 0 spiro atoms. The van der Waals surface area contributed by atoms with Crippen molar-refractivity contribution in [2.75, 3.05) is 0 Å². The smallest absolute Gasteiger partial charge is 0.217 e. The van der Waals surface area contributed by atoms with Crippen molar-refractivity contribution in [3.8, 4) is 22.8 Å². The molecule has 3 aromatic heterocycles. The van der Waals surface area contributed by atoms with Crippen molar-refractivity contribution in [3.63, 3.8) is 0 Å². The van der Waals surface area contributed by atoms with Gasteiger partial charge < -0.3 is 10.2 Å². The Bertz CT molecular complexity index is 770. The Balaban J connectivity index is 2.03. The number of nitrogens with zero attached hydrogens (tertiary/aromatic N) is 3. The Morgan fingerprint density at radius 2 is 2.00 bits per heavy atom. The van der Waals surface area contributed by atoms with Crippen molar-refractivity contribution in [1.29, 1.82) is 0 Å². The molecule has 110 valence electrons. The van der Waals surface area contributed by atoms with E-state index in [9.17, 15) is 4.79 Å². The molecule has 0 aromatic carbocycles. The highest BCUT2D eigenvalue weighted by molar-refractivity contribution is 5.74. The van der Waals surface area contributed by atoms with Crippen molar-refractivity contribution >= 4 is 5.91 Å². The van der Waals surface area contributed by atoms with Crippen LogP contribution in [0.3, 0.4) is 0 Å². The second-order valence-electron chi connectivity index (χ2n) is 4.75. The standard InChI is InChI=1S/C16H14N4O2/c17-15(21)4-3-12-10-13(14-2-1-9-22-14)20-16(19-12)11-5-7-18-8-6-11/h1-2,5-10H,3-4H2,(H2,17,21). The van der Waals surface area contributed by atoms with E-state index in [0.29, 0.717) is 23.7 Å². The molecule has 3 rings (SSSR count). The fraction of sp³-hybridized carbons (Fsp3) is 0.125. The Labute approximate surface area is 127 Å². The van der Waals surface area contributed by atoms with Crippen LogP contribution in [-0.4, -0.2) is 20.9 Å². The van der Waals surface area contributed by atoms with Gasteiger partial charge in [0.05, 0.1) is 6.26 Å². The molecule has 0 atom stereocenters. The van der Waals surface area contributed by atoms with Crippen LogP contribution in [-0.2, 0) is 11.2 Å². The van der Waals surface area contributed by atoms with Crippen LogP contribution in [0, 0.1) is 0 Å². The summed E-state index contributed by atoms with van der Waals surface area (Å²) in [5, 5.41) is 0. The first-order valence-electron chi connectivity index (χ1n) is 6.83. The number of hydrogen-bond acceptors (Lipinski definition) is 5. The molecule has 0 unspecified atom stereocenters. The van der Waals surface area contributed by atoms with Crippen LogP contribution in [0.15, 0.2) is 53.4 Å². The van der Waals surface area contributed by atoms with Gasteiger partial charge in [0.1, 0.15) is 5.69 Å². The SMILES string of the molecule is NC(=O)CCc1cc(-c2ccco2)nc(-c2ccncc2)n1. The zero-order valence-electron chi connectivity index (χ0n) is 11.8. The third-order valence-corrected chi connectivity index (χ3v) is 3.12. The summed E-state index contributed by atoms with van der Waals surface area (Å²) in [4.78, 5) is 24.0. The Kier molecular flexibility index (Phi) is 3.91. The number of carbonyl (C=O) groups is 1. The van der Waals surface area contributed by atoms with Crippen LogP contribution in [0.1, 0.15) is 12.1 Å². The number of furan rings is 1. The summed E-state index contributed by atoms with van der Waals surface area (Å²) in [7, 11) is 0. The van der Waals surface area contributed by atoms with Crippen LogP contribution < -0.4 is 5.73 Å². The molecule has 0 bridgehead atoms. The normalized spacial score (nSPS) is 10.5. The van der Waals surface area contributed by atoms with Gasteiger partial charge in [0.2, 0.25) is 5.91 Å². The minimum atomic E-state index is -0.358. The van der Waals surface area contributed by atoms with E-state index >= 15 is 0 Å². The average molecular weight is 294 g/mol. The van der Waals surface area contributed by atoms with Crippen molar-refractivity contribution in [3.05, 3.63) is 54.7 Å². The number of pyridine rings is 1. The van der Waals surface area contributed by atoms with Crippen LogP contribution in [0.25, 0.3) is 22.8 Å². The molecule has 1 amide bonds. The fourth-order valence-electron chi connectivity index (χ4n) is 2.06. The van der Waals surface area contributed by atoms with Gasteiger partial charge in [-0.15, -0.1) is 0 Å². The van der Waals surface area contributed by atoms with Crippen LogP contribution in [0.5, 0.6) is 0 Å². The maximum Gasteiger partial charge on any atom is 0.217 e. The van der Waals surface area contributed by atoms with E-state index in [0.717, 1.165) is 11.3 Å². The molecule has 0 aliphatic carbocycles. The van der Waals surface area contributed by atoms with Gasteiger partial charge in [0.25, 0.3) is 0 Å². The van der Waals surface area contributed by atoms with E-state index in [1.165, 1.54) is 0 Å². The van der Waals surface area contributed by atoms with Gasteiger partial charge in [-0.2, -0.15) is 0 Å². The summed E-state index contributed by atoms with van der Waals surface area (Å²) in [6.07, 6.45) is 5.66. The number of aryl methyl sites for hydroxylation is 1. The first kappa shape index (κ1) is 13.9. The summed E-state index contributed by atoms with van der Waals surface area (Å²) in [6, 6.07) is 9.11. The van der Waals surface area contributed by atoms with Gasteiger partial charge in [-0.1, -0.05) is 0 Å². The van der Waals surface area contributed by atoms with Gasteiger partial charge in [0.15, 0.2) is 11.6 Å². The van der Waals surface area contributed by atoms with Gasteiger partial charge >= 0.3 is 0 Å². The molecule has 0 fully saturated rings. The molecule has 22 heavy (non-hydrogen) atoms. The summed E-state index contributed by atoms with van der Waals surface area (Å²) < 4.78 is 5.40. The molecule has 0 radical (unpaired) electrons. The third-order valence-electron chi connectivity index (χ3n) is 3.12. The summed E-state index contributed by atoms with van der Waals surface area (Å²) >= 11 is 0. The number of carbonyl (C=O) groups excluding carboxylic acids is 1. The highest BCUT2D eigenvalue weighted by Crippen LogP contribution is 2.23. The molecule has 0 aliphatic heterocycles. The van der Waals surface area contributed by atoms with Crippen molar-refractivity contribution in [1.82, 2.24) is 15.0 Å². The minimum Gasteiger partial charge on any atom is -0.463 e. The number of rotatable bonds is 5. The fourth-order valence-corrected chi connectivity index (χ4v) is 2.06. The Hall–Kier alpha value is -3.02. The van der Waals surface area contributed by atoms with Crippen LogP contribution in [0.2, 0.25) is 0 Å². The molecule has 6 heteroatoms. The number of nitrogens with two attached hydrogens (primary N) is 1. The first-order valence-corrected chi connectivity index (χ1v) is 6.83. The van der Waals surface area contributed by atoms with Gasteiger partial charge in [-0.25, -0.2) is 9.97 Å². The van der Waals surface area contributed by atoms with E-state index in [-0.39, 0.29) is 12.3 Å². The third kappa shape index (κ3) is 3.17. The molecule has 3 aromatic rings. The van der Waals surface area contributed by atoms with Crippen molar-refractivity contribution < 1.29 is 9.21 Å². The first-order chi connectivity index (χ1) is 10.7. The molecular formula is C16H14N4O2. The lowest BCUT2D eigenvalue weighted by Gasteiger charge is -2.06. The van der Waals surface area contributed by atoms with E-state index in [2.05, 4.69) is 15.0 Å². The second kappa shape index (κ2) is 6.17. The largest absolute Gasteiger partial charge is 0.463 e. The molecule has 6 nitrogen and oxygen atoms in total. The summed E-state index contributed by atoms with van der Waals surface area (Å²) in [6.45, 7) is 0. The summed E-state index contributed by atoms with van der Waals surface area (Å²) in [5.74, 6) is 0.859. The van der Waals surface area contributed by atoms with Gasteiger partial charge in [-0.3, -0.25) is 9.78 Å². The zero-order chi connectivity index (χ0) is 15.4. The highest BCUT2D eigenvalue weighted by Gasteiger charge is 2.11. The minimum absolute atomic E-state index is 0.240. The van der Waals surface area contributed by atoms with Crippen LogP contribution >= 0.6 is 0 Å². The lowest BCUT2D eigenvalue weighted by atomic mass is 10.1. The maximum atomic E-state index is 11.0. The van der Waals surface area contributed by atoms with E-state index in [4.69, 9.17) is 10.2 Å². The van der Waals surface area contributed by atoms with Crippen LogP contribution in [0.4, 0.5) is 0 Å². The topological polar surface area (TPSA) is 94.9 Å². The molecule has 0 saturated carbocycles. The highest BCUT2D eigenvalue weighted by atomic mass is 16.3. The van der Waals surface area contributed by atoms with E-state index in [1.54, 1.807) is 24.7 Å². The lowest BCUT2D eigenvalue weighted by Crippen LogP contribution is -2.12. The molecule has 3 heterocycles. The van der Waals surface area contributed by atoms with Gasteiger partial charge in [-0.05, 0) is 36.8 Å². The predicted molar refractivity (Wildman–Crippen MR) is 80.5 cm³/mol. The number of hydrogen-bond donors (Lipinski definition) is 1. The van der Waals surface area contributed by atoms with Crippen molar-refractivity contribution in [2.45, 2.75) is 12.8 Å². The van der Waals surface area contributed by atoms with Crippen molar-refractivity contribution in [2.24, 2.45) is 5.73 Å². The van der Waals surface area contributed by atoms with E-state index in [1.807, 2.05) is 24.3 Å². The Morgan fingerprint density at radius 1 is 1.18 bits per heavy atom. The quantitative estimate of drug-likeness (QED) is 0.778. The van der Waals surface area contributed by atoms with Gasteiger partial charge in [0, 0.05) is 30.1 Å². The van der Waals surface area contributed by atoms with E-state index < -0.39 is 0 Å². The zero-order valence-corrected chi connectivity index (χ0v) is 11.8. The second-order valence-corrected chi connectivity index (χ2v) is 4.75. The Morgan fingerprint density at radius 3 is 2.68 bits per heavy atom. The summed E-state index contributed by atoms with van der Waals surface area (Å²) in [5.41, 5.74) is 7.48. The molecule has 0 aliphatic rings.